The molecule has 0 heterocycles. The molecule has 2 aromatic carbocycles. The second kappa shape index (κ2) is 10.5. The summed E-state index contributed by atoms with van der Waals surface area (Å²) in [4.78, 5) is 12.2. The zero-order chi connectivity index (χ0) is 20.6. The first-order chi connectivity index (χ1) is 13.3. The minimum Gasteiger partial charge on any atom is -0.382 e. The van der Waals surface area contributed by atoms with Gasteiger partial charge in [0, 0.05) is 30.3 Å². The number of hydrogen-bond acceptors (Lipinski definition) is 4. The Balaban J connectivity index is 2.04. The number of rotatable bonds is 10. The van der Waals surface area contributed by atoms with Crippen LogP contribution < -0.4 is 9.62 Å². The number of halogens is 1. The van der Waals surface area contributed by atoms with E-state index in [0.717, 1.165) is 18.2 Å². The van der Waals surface area contributed by atoms with E-state index in [0.29, 0.717) is 36.0 Å². The summed E-state index contributed by atoms with van der Waals surface area (Å²) in [6.45, 7) is 3.89. The number of nitrogens with zero attached hydrogens (tertiary/aromatic N) is 1. The summed E-state index contributed by atoms with van der Waals surface area (Å²) in [6.07, 6.45) is 1.90. The number of carbonyl (C=O) groups excluding carboxylic acids is 1. The summed E-state index contributed by atoms with van der Waals surface area (Å²) >= 11 is 5.99. The molecule has 0 aliphatic heterocycles. The van der Waals surface area contributed by atoms with Crippen molar-refractivity contribution in [1.82, 2.24) is 5.32 Å². The van der Waals surface area contributed by atoms with Crippen LogP contribution in [0.15, 0.2) is 48.5 Å². The number of hydrogen-bond donors (Lipinski definition) is 1. The number of sulfonamides is 1. The van der Waals surface area contributed by atoms with Crippen LogP contribution in [0.25, 0.3) is 0 Å². The van der Waals surface area contributed by atoms with Crippen LogP contribution in [0.2, 0.25) is 5.02 Å². The molecule has 2 aromatic rings. The molecule has 0 aliphatic carbocycles. The van der Waals surface area contributed by atoms with E-state index in [2.05, 4.69) is 5.32 Å². The highest BCUT2D eigenvalue weighted by Crippen LogP contribution is 2.24. The van der Waals surface area contributed by atoms with Crippen LogP contribution in [-0.4, -0.2) is 40.3 Å². The number of anilines is 1. The Morgan fingerprint density at radius 1 is 1.18 bits per heavy atom. The average Bonchev–Trinajstić information content (AvgIpc) is 2.65. The van der Waals surface area contributed by atoms with Crippen LogP contribution >= 0.6 is 11.6 Å². The monoisotopic (exact) mass is 424 g/mol. The summed E-state index contributed by atoms with van der Waals surface area (Å²) < 4.78 is 31.0. The van der Waals surface area contributed by atoms with Gasteiger partial charge in [-0.2, -0.15) is 0 Å². The van der Waals surface area contributed by atoms with Crippen molar-refractivity contribution in [1.29, 1.82) is 0 Å². The highest BCUT2D eigenvalue weighted by Gasteiger charge is 2.18. The highest BCUT2D eigenvalue weighted by molar-refractivity contribution is 7.92. The fourth-order valence-electron chi connectivity index (χ4n) is 2.58. The molecule has 152 valence electrons. The molecule has 0 radical (unpaired) electrons. The smallest absolute Gasteiger partial charge is 0.251 e. The molecular formula is C20H25ClN2O4S. The van der Waals surface area contributed by atoms with E-state index in [-0.39, 0.29) is 12.5 Å². The average molecular weight is 425 g/mol. The zero-order valence-corrected chi connectivity index (χ0v) is 17.6. The van der Waals surface area contributed by atoms with Gasteiger partial charge in [0.15, 0.2) is 0 Å². The fraction of sp³-hybridized carbons (Fsp3) is 0.350. The number of carbonyl (C=O) groups is 1. The first kappa shape index (κ1) is 22.2. The van der Waals surface area contributed by atoms with E-state index >= 15 is 0 Å². The Kier molecular flexibility index (Phi) is 8.29. The molecule has 0 atom stereocenters. The Morgan fingerprint density at radius 3 is 2.50 bits per heavy atom. The number of ether oxygens (including phenoxy) is 1. The van der Waals surface area contributed by atoms with Gasteiger partial charge in [-0.25, -0.2) is 8.42 Å². The topological polar surface area (TPSA) is 75.7 Å². The van der Waals surface area contributed by atoms with Crippen LogP contribution in [0.3, 0.4) is 0 Å². The lowest BCUT2D eigenvalue weighted by Gasteiger charge is -2.22. The second-order valence-corrected chi connectivity index (χ2v) is 8.60. The number of nitrogens with one attached hydrogen (secondary N) is 1. The van der Waals surface area contributed by atoms with Crippen molar-refractivity contribution in [3.8, 4) is 0 Å². The first-order valence-corrected chi connectivity index (χ1v) is 11.2. The van der Waals surface area contributed by atoms with E-state index in [9.17, 15) is 13.2 Å². The maximum atomic E-state index is 12.2. The normalized spacial score (nSPS) is 11.2. The highest BCUT2D eigenvalue weighted by atomic mass is 35.5. The molecule has 0 aromatic heterocycles. The van der Waals surface area contributed by atoms with Crippen LogP contribution in [0.5, 0.6) is 0 Å². The van der Waals surface area contributed by atoms with E-state index < -0.39 is 10.0 Å². The van der Waals surface area contributed by atoms with Crippen LogP contribution in [0.4, 0.5) is 5.69 Å². The molecular weight excluding hydrogens is 400 g/mol. The number of benzene rings is 2. The Bertz CT molecular complexity index is 885. The van der Waals surface area contributed by atoms with E-state index in [1.54, 1.807) is 48.5 Å². The van der Waals surface area contributed by atoms with Gasteiger partial charge >= 0.3 is 0 Å². The van der Waals surface area contributed by atoms with Gasteiger partial charge in [-0.3, -0.25) is 9.10 Å². The van der Waals surface area contributed by atoms with Crippen LogP contribution in [-0.2, 0) is 21.3 Å². The van der Waals surface area contributed by atoms with Crippen molar-refractivity contribution in [2.45, 2.75) is 19.9 Å². The predicted molar refractivity (Wildman–Crippen MR) is 112 cm³/mol. The van der Waals surface area contributed by atoms with Crippen molar-refractivity contribution >= 4 is 33.2 Å². The lowest BCUT2D eigenvalue weighted by Crippen LogP contribution is -2.29. The maximum Gasteiger partial charge on any atom is 0.251 e. The van der Waals surface area contributed by atoms with E-state index in [4.69, 9.17) is 16.3 Å². The summed E-state index contributed by atoms with van der Waals surface area (Å²) in [5.41, 5.74) is 1.78. The summed E-state index contributed by atoms with van der Waals surface area (Å²) in [5.74, 6) is -0.169. The van der Waals surface area contributed by atoms with E-state index in [1.807, 2.05) is 6.92 Å². The largest absolute Gasteiger partial charge is 0.382 e. The molecule has 0 bridgehead atoms. The first-order valence-electron chi connectivity index (χ1n) is 8.99. The van der Waals surface area contributed by atoms with Gasteiger partial charge in [0.2, 0.25) is 10.0 Å². The lowest BCUT2D eigenvalue weighted by atomic mass is 10.1. The summed E-state index contributed by atoms with van der Waals surface area (Å²) in [5, 5.41) is 3.30. The van der Waals surface area contributed by atoms with Crippen molar-refractivity contribution in [2.75, 3.05) is 30.3 Å². The molecule has 1 N–H and O–H groups in total. The molecule has 0 spiro atoms. The van der Waals surface area contributed by atoms with Gasteiger partial charge in [0.25, 0.3) is 5.91 Å². The van der Waals surface area contributed by atoms with Crippen molar-refractivity contribution in [3.05, 3.63) is 64.7 Å². The van der Waals surface area contributed by atoms with Crippen molar-refractivity contribution in [3.63, 3.8) is 0 Å². The van der Waals surface area contributed by atoms with Gasteiger partial charge in [-0.15, -0.1) is 0 Å². The third-order valence-corrected chi connectivity index (χ3v) is 5.37. The molecule has 1 amide bonds. The fourth-order valence-corrected chi connectivity index (χ4v) is 3.65. The Morgan fingerprint density at radius 2 is 1.89 bits per heavy atom. The minimum absolute atomic E-state index is 0.148. The van der Waals surface area contributed by atoms with Gasteiger partial charge in [-0.05, 0) is 49.2 Å². The lowest BCUT2D eigenvalue weighted by molar-refractivity contribution is 0.0944. The van der Waals surface area contributed by atoms with E-state index in [1.165, 1.54) is 4.31 Å². The van der Waals surface area contributed by atoms with Gasteiger partial charge < -0.3 is 10.1 Å². The van der Waals surface area contributed by atoms with Gasteiger partial charge in [0.1, 0.15) is 0 Å². The SMILES string of the molecule is CCOCCCNC(=O)c1ccc(CN(c2cccc(Cl)c2)S(C)(=O)=O)cc1. The van der Waals surface area contributed by atoms with Gasteiger partial charge in [-0.1, -0.05) is 29.8 Å². The second-order valence-electron chi connectivity index (χ2n) is 6.25. The molecule has 28 heavy (non-hydrogen) atoms. The third-order valence-electron chi connectivity index (χ3n) is 3.99. The zero-order valence-electron chi connectivity index (χ0n) is 16.0. The van der Waals surface area contributed by atoms with Crippen LogP contribution in [0.1, 0.15) is 29.3 Å². The number of amides is 1. The van der Waals surface area contributed by atoms with Gasteiger partial charge in [0.05, 0.1) is 18.5 Å². The Hall–Kier alpha value is -2.09. The standard InChI is InChI=1S/C20H25ClN2O4S/c1-3-27-13-5-12-22-20(24)17-10-8-16(9-11-17)15-23(28(2,25)26)19-7-4-6-18(21)14-19/h4,6-11,14H,3,5,12-13,15H2,1-2H3,(H,22,24). The minimum atomic E-state index is -3.50. The predicted octanol–water partition coefficient (Wildman–Crippen LogP) is 3.46. The third kappa shape index (κ3) is 6.82. The maximum absolute atomic E-state index is 12.2. The quantitative estimate of drug-likeness (QED) is 0.592. The molecule has 2 rings (SSSR count). The summed E-state index contributed by atoms with van der Waals surface area (Å²) in [6, 6.07) is 13.6. The summed E-state index contributed by atoms with van der Waals surface area (Å²) in [7, 11) is -3.50. The molecule has 0 fully saturated rings. The molecule has 0 unspecified atom stereocenters. The van der Waals surface area contributed by atoms with Crippen molar-refractivity contribution < 1.29 is 17.9 Å². The van der Waals surface area contributed by atoms with Crippen molar-refractivity contribution in [2.24, 2.45) is 0 Å². The molecule has 0 aliphatic rings. The molecule has 0 saturated carbocycles. The molecule has 8 heteroatoms. The van der Waals surface area contributed by atoms with Crippen LogP contribution in [0, 0.1) is 0 Å². The molecule has 6 nitrogen and oxygen atoms in total. The molecule has 0 saturated heterocycles. The Labute approximate surface area is 171 Å².